The first-order valence-corrected chi connectivity index (χ1v) is 10.1. The maximum Gasteiger partial charge on any atom is 0.106 e. The van der Waals surface area contributed by atoms with Gasteiger partial charge in [-0.05, 0) is 50.4 Å². The van der Waals surface area contributed by atoms with Crippen molar-refractivity contribution in [3.8, 4) is 6.07 Å². The number of hydrogen-bond donors (Lipinski definition) is 1. The highest BCUT2D eigenvalue weighted by atomic mass is 16.5. The second kappa shape index (κ2) is 8.54. The molecule has 0 aromatic heterocycles. The summed E-state index contributed by atoms with van der Waals surface area (Å²) in [5.41, 5.74) is 2.62. The van der Waals surface area contributed by atoms with Crippen LogP contribution in [-0.2, 0) is 4.74 Å². The van der Waals surface area contributed by atoms with Gasteiger partial charge in [0, 0.05) is 30.7 Å². The van der Waals surface area contributed by atoms with Crippen LogP contribution >= 0.6 is 0 Å². The molecule has 1 N–H and O–H groups in total. The molecule has 0 amide bonds. The van der Waals surface area contributed by atoms with Crippen molar-refractivity contribution in [2.45, 2.75) is 38.2 Å². The van der Waals surface area contributed by atoms with Crippen molar-refractivity contribution in [1.29, 1.82) is 5.26 Å². The van der Waals surface area contributed by atoms with Crippen molar-refractivity contribution in [2.75, 3.05) is 13.1 Å². The van der Waals surface area contributed by atoms with Gasteiger partial charge in [0.1, 0.15) is 11.9 Å². The molecule has 4 heteroatoms. The molecule has 0 aromatic carbocycles. The van der Waals surface area contributed by atoms with E-state index in [-0.39, 0.29) is 5.92 Å². The van der Waals surface area contributed by atoms with Crippen LogP contribution in [0.3, 0.4) is 0 Å². The fraction of sp³-hybridized carbons (Fsp3) is 0.478. The van der Waals surface area contributed by atoms with E-state index in [1.165, 1.54) is 11.1 Å². The summed E-state index contributed by atoms with van der Waals surface area (Å²) in [4.78, 5) is 4.36. The molecular formula is C23H27N3O. The predicted molar refractivity (Wildman–Crippen MR) is 108 cm³/mol. The van der Waals surface area contributed by atoms with Gasteiger partial charge in [0.05, 0.1) is 12.0 Å². The van der Waals surface area contributed by atoms with Gasteiger partial charge in [-0.3, -0.25) is 4.99 Å². The summed E-state index contributed by atoms with van der Waals surface area (Å²) in [5.74, 6) is 2.01. The largest absolute Gasteiger partial charge is 0.494 e. The summed E-state index contributed by atoms with van der Waals surface area (Å²) in [6.45, 7) is 2.06. The molecule has 27 heavy (non-hydrogen) atoms. The Labute approximate surface area is 161 Å². The number of nitrogens with one attached hydrogen (secondary N) is 1. The van der Waals surface area contributed by atoms with E-state index in [0.717, 1.165) is 44.5 Å². The normalized spacial score (nSPS) is 30.0. The average Bonchev–Trinajstić information content (AvgIpc) is 2.73. The molecule has 3 unspecified atom stereocenters. The van der Waals surface area contributed by atoms with Gasteiger partial charge >= 0.3 is 0 Å². The number of piperidine rings is 1. The summed E-state index contributed by atoms with van der Waals surface area (Å²) in [6, 6.07) is 2.23. The molecule has 0 saturated carbocycles. The van der Waals surface area contributed by atoms with Gasteiger partial charge in [0.25, 0.3) is 0 Å². The van der Waals surface area contributed by atoms with E-state index < -0.39 is 0 Å². The molecule has 4 rings (SSSR count). The van der Waals surface area contributed by atoms with Gasteiger partial charge in [-0.25, -0.2) is 0 Å². The molecule has 1 saturated heterocycles. The molecule has 0 bridgehead atoms. The van der Waals surface area contributed by atoms with Crippen molar-refractivity contribution >= 4 is 6.21 Å². The van der Waals surface area contributed by atoms with E-state index in [4.69, 9.17) is 10.00 Å². The highest BCUT2D eigenvalue weighted by molar-refractivity contribution is 5.69. The van der Waals surface area contributed by atoms with Crippen LogP contribution in [0.4, 0.5) is 0 Å². The minimum atomic E-state index is 0.225. The SMILES string of the molecule is N#CCCC1=CCC(C2=CC3C=CN=CC3C(OC3CCNCC3)=C2)C=C1. The Kier molecular flexibility index (Phi) is 5.69. The average molecular weight is 361 g/mol. The lowest BCUT2D eigenvalue weighted by molar-refractivity contribution is 0.0727. The molecule has 4 nitrogen and oxygen atoms in total. The molecule has 0 spiro atoms. The zero-order valence-electron chi connectivity index (χ0n) is 15.7. The third-order valence-corrected chi connectivity index (χ3v) is 5.80. The summed E-state index contributed by atoms with van der Waals surface area (Å²) < 4.78 is 6.48. The minimum Gasteiger partial charge on any atom is -0.494 e. The summed E-state index contributed by atoms with van der Waals surface area (Å²) in [6.07, 6.45) is 22.4. The topological polar surface area (TPSA) is 57.4 Å². The number of aliphatic imine (C=N–C) groups is 1. The van der Waals surface area contributed by atoms with Gasteiger partial charge < -0.3 is 10.1 Å². The molecule has 4 aliphatic rings. The van der Waals surface area contributed by atoms with Crippen molar-refractivity contribution in [3.05, 3.63) is 59.6 Å². The lowest BCUT2D eigenvalue weighted by Crippen LogP contribution is -2.34. The molecule has 0 aromatic rings. The van der Waals surface area contributed by atoms with E-state index in [9.17, 15) is 0 Å². The molecule has 1 fully saturated rings. The van der Waals surface area contributed by atoms with Crippen LogP contribution in [0.5, 0.6) is 0 Å². The third-order valence-electron chi connectivity index (χ3n) is 5.80. The molecule has 2 aliphatic carbocycles. The maximum absolute atomic E-state index is 8.77. The lowest BCUT2D eigenvalue weighted by Gasteiger charge is -2.34. The Morgan fingerprint density at radius 3 is 2.93 bits per heavy atom. The predicted octanol–water partition coefficient (Wildman–Crippen LogP) is 4.22. The van der Waals surface area contributed by atoms with Gasteiger partial charge in [0.2, 0.25) is 0 Å². The van der Waals surface area contributed by atoms with Gasteiger partial charge in [-0.1, -0.05) is 36.0 Å². The van der Waals surface area contributed by atoms with Crippen molar-refractivity contribution in [1.82, 2.24) is 5.32 Å². The summed E-state index contributed by atoms with van der Waals surface area (Å²) in [5, 5.41) is 12.2. The fourth-order valence-corrected chi connectivity index (χ4v) is 4.21. The Bertz CT molecular complexity index is 772. The Balaban J connectivity index is 1.50. The van der Waals surface area contributed by atoms with Crippen LogP contribution in [0.25, 0.3) is 0 Å². The number of rotatable bonds is 5. The van der Waals surface area contributed by atoms with Crippen molar-refractivity contribution in [3.63, 3.8) is 0 Å². The van der Waals surface area contributed by atoms with Gasteiger partial charge in [-0.2, -0.15) is 5.26 Å². The lowest BCUT2D eigenvalue weighted by atomic mass is 9.78. The van der Waals surface area contributed by atoms with Crippen LogP contribution in [0.15, 0.2) is 64.6 Å². The number of nitrogens with zero attached hydrogens (tertiary/aromatic N) is 2. The Hall–Kier alpha value is -2.38. The Morgan fingerprint density at radius 1 is 1.26 bits per heavy atom. The van der Waals surface area contributed by atoms with Crippen LogP contribution in [-0.4, -0.2) is 25.4 Å². The van der Waals surface area contributed by atoms with E-state index in [2.05, 4.69) is 52.8 Å². The van der Waals surface area contributed by atoms with Crippen LogP contribution < -0.4 is 5.32 Å². The molecule has 140 valence electrons. The van der Waals surface area contributed by atoms with E-state index in [0.29, 0.717) is 24.4 Å². The van der Waals surface area contributed by atoms with Crippen LogP contribution in [0, 0.1) is 29.1 Å². The van der Waals surface area contributed by atoms with E-state index >= 15 is 0 Å². The number of fused-ring (bicyclic) bond motifs is 1. The summed E-state index contributed by atoms with van der Waals surface area (Å²) in [7, 11) is 0. The fourth-order valence-electron chi connectivity index (χ4n) is 4.21. The van der Waals surface area contributed by atoms with Gasteiger partial charge in [-0.15, -0.1) is 0 Å². The zero-order valence-corrected chi connectivity index (χ0v) is 15.7. The van der Waals surface area contributed by atoms with E-state index in [1.54, 1.807) is 0 Å². The first kappa shape index (κ1) is 18.0. The second-order valence-electron chi connectivity index (χ2n) is 7.66. The van der Waals surface area contributed by atoms with Crippen LogP contribution in [0.2, 0.25) is 0 Å². The number of nitriles is 1. The molecule has 0 radical (unpaired) electrons. The first-order chi connectivity index (χ1) is 13.3. The number of ether oxygens (including phenoxy) is 1. The monoisotopic (exact) mass is 361 g/mol. The smallest absolute Gasteiger partial charge is 0.106 e. The highest BCUT2D eigenvalue weighted by Crippen LogP contribution is 2.37. The molecule has 3 atom stereocenters. The number of hydrogen-bond acceptors (Lipinski definition) is 4. The first-order valence-electron chi connectivity index (χ1n) is 10.1. The van der Waals surface area contributed by atoms with Crippen molar-refractivity contribution in [2.24, 2.45) is 22.7 Å². The molecular weight excluding hydrogens is 334 g/mol. The second-order valence-corrected chi connectivity index (χ2v) is 7.66. The van der Waals surface area contributed by atoms with Crippen molar-refractivity contribution < 1.29 is 4.74 Å². The van der Waals surface area contributed by atoms with E-state index in [1.807, 2.05) is 12.4 Å². The molecule has 2 aliphatic heterocycles. The minimum absolute atomic E-state index is 0.225. The Morgan fingerprint density at radius 2 is 2.15 bits per heavy atom. The quantitative estimate of drug-likeness (QED) is 0.798. The highest BCUT2D eigenvalue weighted by Gasteiger charge is 2.31. The number of allylic oxidation sites excluding steroid dienone is 9. The maximum atomic E-state index is 8.77. The third kappa shape index (κ3) is 4.31. The standard InChI is InChI=1S/C23H27N3O/c24-10-1-2-17-3-5-18(6-4-17)20-14-19-7-11-26-16-22(19)23(15-20)27-21-8-12-25-13-9-21/h3-5,7,11,14-16,18-19,21-22,25H,1-2,6,8-9,12-13H2. The molecule has 2 heterocycles. The zero-order chi connectivity index (χ0) is 18.5. The van der Waals surface area contributed by atoms with Gasteiger partial charge in [0.15, 0.2) is 0 Å². The summed E-state index contributed by atoms with van der Waals surface area (Å²) >= 11 is 0. The van der Waals surface area contributed by atoms with Crippen LogP contribution in [0.1, 0.15) is 32.1 Å².